The third-order valence-corrected chi connectivity index (χ3v) is 9.05. The van der Waals surface area contributed by atoms with Gasteiger partial charge in [0.1, 0.15) is 5.75 Å². The first-order valence-electron chi connectivity index (χ1n) is 13.1. The van der Waals surface area contributed by atoms with E-state index in [4.69, 9.17) is 0 Å². The molecule has 0 amide bonds. The Morgan fingerprint density at radius 2 is 1.85 bits per heavy atom. The van der Waals surface area contributed by atoms with Gasteiger partial charge in [0.15, 0.2) is 0 Å². The van der Waals surface area contributed by atoms with Crippen LogP contribution in [0.5, 0.6) is 5.75 Å². The van der Waals surface area contributed by atoms with Crippen LogP contribution in [0.3, 0.4) is 0 Å². The van der Waals surface area contributed by atoms with Gasteiger partial charge in [-0.05, 0) is 112 Å². The van der Waals surface area contributed by atoms with Gasteiger partial charge in [0.25, 0.3) is 0 Å². The average Bonchev–Trinajstić information content (AvgIpc) is 3.12. The summed E-state index contributed by atoms with van der Waals surface area (Å²) in [5.74, 6) is 2.70. The molecule has 34 heavy (non-hydrogen) atoms. The Balaban J connectivity index is 1.50. The first-order valence-corrected chi connectivity index (χ1v) is 13.1. The van der Waals surface area contributed by atoms with Crippen molar-refractivity contribution in [1.29, 1.82) is 0 Å². The minimum atomic E-state index is -0.154. The van der Waals surface area contributed by atoms with Gasteiger partial charge in [-0.1, -0.05) is 72.7 Å². The number of aromatic hydroxyl groups is 1. The SMILES string of the molecule is C/C=C(C)/C=C/C=C(C)/C=C/C=C/C[C@@H]1Cc2cc(O)ccc2C2CC[C@@]3(C)C(CC[C@@H]3O)C21. The van der Waals surface area contributed by atoms with E-state index >= 15 is 0 Å². The van der Waals surface area contributed by atoms with Crippen LogP contribution >= 0.6 is 0 Å². The van der Waals surface area contributed by atoms with Crippen molar-refractivity contribution in [2.75, 3.05) is 0 Å². The molecular formula is C32H42O2. The summed E-state index contributed by atoms with van der Waals surface area (Å²) in [6.07, 6.45) is 23.6. The van der Waals surface area contributed by atoms with Gasteiger partial charge in [0.2, 0.25) is 0 Å². The van der Waals surface area contributed by atoms with Gasteiger partial charge in [-0.3, -0.25) is 0 Å². The number of aliphatic hydroxyl groups excluding tert-OH is 1. The van der Waals surface area contributed by atoms with Crippen LogP contribution in [-0.4, -0.2) is 16.3 Å². The molecule has 2 fully saturated rings. The van der Waals surface area contributed by atoms with Crippen molar-refractivity contribution < 1.29 is 10.2 Å². The molecule has 0 heterocycles. The Morgan fingerprint density at radius 1 is 1.06 bits per heavy atom. The largest absolute Gasteiger partial charge is 0.508 e. The van der Waals surface area contributed by atoms with Gasteiger partial charge in [-0.25, -0.2) is 0 Å². The Kier molecular flexibility index (Phi) is 7.67. The number of phenolic OH excluding ortho intramolecular Hbond substituents is 1. The fraction of sp³-hybridized carbons (Fsp3) is 0.500. The third kappa shape index (κ3) is 5.03. The number of phenols is 1. The number of aliphatic hydroxyl groups is 1. The van der Waals surface area contributed by atoms with Crippen LogP contribution in [0.4, 0.5) is 0 Å². The van der Waals surface area contributed by atoms with Gasteiger partial charge >= 0.3 is 0 Å². The summed E-state index contributed by atoms with van der Waals surface area (Å²) in [6, 6.07) is 6.03. The van der Waals surface area contributed by atoms with Crippen LogP contribution in [0.1, 0.15) is 76.8 Å². The van der Waals surface area contributed by atoms with E-state index in [1.807, 2.05) is 12.1 Å². The Labute approximate surface area is 206 Å². The highest BCUT2D eigenvalue weighted by Gasteiger charge is 2.56. The Morgan fingerprint density at radius 3 is 2.65 bits per heavy atom. The van der Waals surface area contributed by atoms with E-state index in [-0.39, 0.29) is 11.5 Å². The van der Waals surface area contributed by atoms with Crippen molar-refractivity contribution in [1.82, 2.24) is 0 Å². The molecule has 0 saturated heterocycles. The zero-order valence-electron chi connectivity index (χ0n) is 21.4. The van der Waals surface area contributed by atoms with Crippen molar-refractivity contribution in [2.45, 2.75) is 78.2 Å². The Bertz CT molecular complexity index is 1020. The molecule has 2 saturated carbocycles. The normalized spacial score (nSPS) is 34.1. The standard InChI is InChI=1S/C32H42O2/c1-5-22(2)11-9-12-23(3)10-7-6-8-13-24-20-25-21-26(33)14-15-27(25)28-18-19-32(4)29(31(24)28)16-17-30(32)34/h5-12,14-15,21,24,28-31,33-34H,13,16-20H2,1-4H3/b8-6+,10-7+,11-9+,22-5+,23-12+/t24-,28?,29?,30+,31?,32+/m1/s1. The predicted molar refractivity (Wildman–Crippen MR) is 143 cm³/mol. The first kappa shape index (κ1) is 24.8. The summed E-state index contributed by atoms with van der Waals surface area (Å²) in [4.78, 5) is 0. The third-order valence-electron chi connectivity index (χ3n) is 9.05. The number of rotatable bonds is 6. The van der Waals surface area contributed by atoms with Gasteiger partial charge in [0, 0.05) is 0 Å². The van der Waals surface area contributed by atoms with Gasteiger partial charge in [-0.2, -0.15) is 0 Å². The molecule has 6 atom stereocenters. The highest BCUT2D eigenvalue weighted by atomic mass is 16.3. The summed E-state index contributed by atoms with van der Waals surface area (Å²) < 4.78 is 0. The van der Waals surface area contributed by atoms with Crippen LogP contribution in [0.25, 0.3) is 0 Å². The second kappa shape index (κ2) is 10.5. The lowest BCUT2D eigenvalue weighted by Crippen LogP contribution is -2.47. The van der Waals surface area contributed by atoms with Crippen LogP contribution in [-0.2, 0) is 6.42 Å². The summed E-state index contributed by atoms with van der Waals surface area (Å²) in [5.41, 5.74) is 5.35. The zero-order valence-corrected chi connectivity index (χ0v) is 21.4. The molecule has 0 spiro atoms. The lowest BCUT2D eigenvalue weighted by atomic mass is 9.52. The summed E-state index contributed by atoms with van der Waals surface area (Å²) in [5, 5.41) is 21.0. The molecule has 4 rings (SSSR count). The molecule has 2 nitrogen and oxygen atoms in total. The van der Waals surface area contributed by atoms with Crippen LogP contribution in [0.2, 0.25) is 0 Å². The predicted octanol–water partition coefficient (Wildman–Crippen LogP) is 7.81. The second-order valence-corrected chi connectivity index (χ2v) is 11.1. The molecule has 0 radical (unpaired) electrons. The highest BCUT2D eigenvalue weighted by molar-refractivity contribution is 5.41. The maximum Gasteiger partial charge on any atom is 0.115 e. The smallest absolute Gasteiger partial charge is 0.115 e. The highest BCUT2D eigenvalue weighted by Crippen LogP contribution is 2.62. The van der Waals surface area contributed by atoms with E-state index < -0.39 is 0 Å². The van der Waals surface area contributed by atoms with Crippen molar-refractivity contribution >= 4 is 0 Å². The molecule has 182 valence electrons. The number of allylic oxidation sites excluding steroid dienone is 10. The summed E-state index contributed by atoms with van der Waals surface area (Å²) in [6.45, 7) is 8.63. The van der Waals surface area contributed by atoms with E-state index in [2.05, 4.69) is 82.4 Å². The number of fused-ring (bicyclic) bond motifs is 5. The molecule has 2 N–H and O–H groups in total. The van der Waals surface area contributed by atoms with Gasteiger partial charge in [-0.15, -0.1) is 0 Å². The molecule has 0 aromatic heterocycles. The van der Waals surface area contributed by atoms with Crippen LogP contribution in [0, 0.1) is 23.2 Å². The zero-order chi connectivity index (χ0) is 24.3. The molecule has 3 aliphatic carbocycles. The lowest BCUT2D eigenvalue weighted by molar-refractivity contribution is -0.0377. The molecular weight excluding hydrogens is 416 g/mol. The number of hydrogen-bond acceptors (Lipinski definition) is 2. The molecule has 0 aliphatic heterocycles. The maximum absolute atomic E-state index is 10.8. The van der Waals surface area contributed by atoms with E-state index in [1.165, 1.54) is 22.3 Å². The minimum Gasteiger partial charge on any atom is -0.508 e. The van der Waals surface area contributed by atoms with Crippen molar-refractivity contribution in [3.63, 3.8) is 0 Å². The quantitative estimate of drug-likeness (QED) is 0.427. The molecule has 0 bridgehead atoms. The fourth-order valence-corrected chi connectivity index (χ4v) is 7.02. The van der Waals surface area contributed by atoms with Crippen molar-refractivity contribution in [3.05, 3.63) is 89.1 Å². The van der Waals surface area contributed by atoms with Crippen LogP contribution < -0.4 is 0 Å². The first-order chi connectivity index (χ1) is 16.3. The minimum absolute atomic E-state index is 0.0677. The summed E-state index contributed by atoms with van der Waals surface area (Å²) >= 11 is 0. The molecule has 2 heteroatoms. The topological polar surface area (TPSA) is 40.5 Å². The van der Waals surface area contributed by atoms with Crippen LogP contribution in [0.15, 0.2) is 78.0 Å². The van der Waals surface area contributed by atoms with E-state index in [0.29, 0.717) is 29.4 Å². The summed E-state index contributed by atoms with van der Waals surface area (Å²) in [7, 11) is 0. The van der Waals surface area contributed by atoms with Gasteiger partial charge < -0.3 is 10.2 Å². The number of hydrogen-bond donors (Lipinski definition) is 2. The second-order valence-electron chi connectivity index (χ2n) is 11.1. The molecule has 1 aromatic carbocycles. The average molecular weight is 459 g/mol. The maximum atomic E-state index is 10.8. The van der Waals surface area contributed by atoms with E-state index in [1.54, 1.807) is 0 Å². The van der Waals surface area contributed by atoms with Gasteiger partial charge in [0.05, 0.1) is 6.10 Å². The van der Waals surface area contributed by atoms with E-state index in [0.717, 1.165) is 38.5 Å². The lowest BCUT2D eigenvalue weighted by Gasteiger charge is -2.53. The molecule has 3 unspecified atom stereocenters. The molecule has 3 aliphatic rings. The monoisotopic (exact) mass is 458 g/mol. The van der Waals surface area contributed by atoms with Crippen molar-refractivity contribution in [2.24, 2.45) is 23.2 Å². The van der Waals surface area contributed by atoms with E-state index in [9.17, 15) is 10.2 Å². The fourth-order valence-electron chi connectivity index (χ4n) is 7.02. The Hall–Kier alpha value is -2.32. The molecule has 1 aromatic rings. The van der Waals surface area contributed by atoms with Crippen molar-refractivity contribution in [3.8, 4) is 5.75 Å². The number of benzene rings is 1.